The van der Waals surface area contributed by atoms with Crippen LogP contribution in [0.1, 0.15) is 11.1 Å². The Kier molecular flexibility index (Phi) is 4.40. The zero-order chi connectivity index (χ0) is 13.8. The Balaban J connectivity index is 2.13. The van der Waals surface area contributed by atoms with Gasteiger partial charge in [0.15, 0.2) is 0 Å². The van der Waals surface area contributed by atoms with Crippen LogP contribution in [0, 0.1) is 5.82 Å². The minimum absolute atomic E-state index is 0.221. The van der Waals surface area contributed by atoms with Crippen LogP contribution in [0.5, 0.6) is 0 Å². The normalized spacial score (nSPS) is 10.5. The van der Waals surface area contributed by atoms with Gasteiger partial charge in [0.05, 0.1) is 0 Å². The van der Waals surface area contributed by atoms with Crippen molar-refractivity contribution in [2.24, 2.45) is 5.73 Å². The molecule has 0 aliphatic heterocycles. The molecule has 2 aromatic carbocycles. The van der Waals surface area contributed by atoms with Gasteiger partial charge in [0.1, 0.15) is 5.82 Å². The Bertz CT molecular complexity index is 555. The Morgan fingerprint density at radius 1 is 1.16 bits per heavy atom. The van der Waals surface area contributed by atoms with E-state index in [0.717, 1.165) is 16.8 Å². The van der Waals surface area contributed by atoms with Gasteiger partial charge in [0.25, 0.3) is 0 Å². The van der Waals surface area contributed by atoms with Gasteiger partial charge >= 0.3 is 0 Å². The van der Waals surface area contributed by atoms with Crippen LogP contribution < -0.4 is 10.6 Å². The Morgan fingerprint density at radius 3 is 2.42 bits per heavy atom. The lowest BCUT2D eigenvalue weighted by Gasteiger charge is -2.20. The summed E-state index contributed by atoms with van der Waals surface area (Å²) >= 11 is 6.14. The lowest BCUT2D eigenvalue weighted by molar-refractivity contribution is 0.627. The van der Waals surface area contributed by atoms with E-state index in [4.69, 9.17) is 17.3 Å². The van der Waals surface area contributed by atoms with Gasteiger partial charge in [0.2, 0.25) is 0 Å². The lowest BCUT2D eigenvalue weighted by atomic mass is 10.1. The van der Waals surface area contributed by atoms with E-state index >= 15 is 0 Å². The van der Waals surface area contributed by atoms with Crippen LogP contribution in [-0.2, 0) is 13.1 Å². The summed E-state index contributed by atoms with van der Waals surface area (Å²) in [5, 5.41) is 0.672. The minimum Gasteiger partial charge on any atom is -0.370 e. The molecule has 0 heterocycles. The number of hydrogen-bond donors (Lipinski definition) is 1. The quantitative estimate of drug-likeness (QED) is 0.926. The molecule has 0 atom stereocenters. The maximum Gasteiger partial charge on any atom is 0.123 e. The second-order valence-corrected chi connectivity index (χ2v) is 4.87. The predicted molar refractivity (Wildman–Crippen MR) is 77.9 cm³/mol. The predicted octanol–water partition coefficient (Wildman–Crippen LogP) is 3.57. The molecular weight excluding hydrogens is 263 g/mol. The third kappa shape index (κ3) is 3.46. The first-order valence-corrected chi connectivity index (χ1v) is 6.42. The molecule has 2 aromatic rings. The third-order valence-electron chi connectivity index (χ3n) is 3.03. The Hall–Kier alpha value is -1.58. The van der Waals surface area contributed by atoms with E-state index in [1.807, 2.05) is 25.2 Å². The van der Waals surface area contributed by atoms with Crippen molar-refractivity contribution in [2.45, 2.75) is 13.1 Å². The molecule has 0 saturated heterocycles. The Morgan fingerprint density at radius 2 is 1.84 bits per heavy atom. The smallest absolute Gasteiger partial charge is 0.123 e. The molecule has 0 aromatic heterocycles. The molecule has 2 rings (SSSR count). The molecule has 2 N–H and O–H groups in total. The maximum absolute atomic E-state index is 12.8. The maximum atomic E-state index is 12.8. The van der Waals surface area contributed by atoms with E-state index in [0.29, 0.717) is 18.1 Å². The van der Waals surface area contributed by atoms with Gasteiger partial charge in [-0.1, -0.05) is 29.8 Å². The number of nitrogens with two attached hydrogens (primary N) is 1. The molecule has 0 radical (unpaired) electrons. The topological polar surface area (TPSA) is 29.3 Å². The molecule has 2 nitrogen and oxygen atoms in total. The van der Waals surface area contributed by atoms with E-state index in [-0.39, 0.29) is 5.82 Å². The van der Waals surface area contributed by atoms with Crippen LogP contribution in [-0.4, -0.2) is 7.05 Å². The van der Waals surface area contributed by atoms with Crippen LogP contribution in [0.25, 0.3) is 0 Å². The molecular formula is C15H16ClFN2. The van der Waals surface area contributed by atoms with E-state index in [2.05, 4.69) is 4.90 Å². The molecule has 19 heavy (non-hydrogen) atoms. The molecule has 0 amide bonds. The third-order valence-corrected chi connectivity index (χ3v) is 3.38. The lowest BCUT2D eigenvalue weighted by Crippen LogP contribution is -2.16. The average Bonchev–Trinajstić information content (AvgIpc) is 2.41. The highest BCUT2D eigenvalue weighted by Crippen LogP contribution is 2.23. The van der Waals surface area contributed by atoms with Gasteiger partial charge in [-0.25, -0.2) is 4.39 Å². The number of benzene rings is 2. The summed E-state index contributed by atoms with van der Waals surface area (Å²) < 4.78 is 12.8. The largest absolute Gasteiger partial charge is 0.370 e. The van der Waals surface area contributed by atoms with E-state index in [9.17, 15) is 4.39 Å². The summed E-state index contributed by atoms with van der Waals surface area (Å²) in [4.78, 5) is 2.05. The van der Waals surface area contributed by atoms with Crippen molar-refractivity contribution in [3.8, 4) is 0 Å². The summed E-state index contributed by atoms with van der Waals surface area (Å²) in [7, 11) is 1.97. The van der Waals surface area contributed by atoms with Crippen molar-refractivity contribution in [3.63, 3.8) is 0 Å². The molecule has 0 fully saturated rings. The second-order valence-electron chi connectivity index (χ2n) is 4.46. The average molecular weight is 279 g/mol. The van der Waals surface area contributed by atoms with Gasteiger partial charge < -0.3 is 10.6 Å². The van der Waals surface area contributed by atoms with Crippen molar-refractivity contribution in [1.29, 1.82) is 0 Å². The zero-order valence-corrected chi connectivity index (χ0v) is 11.5. The standard InChI is InChI=1S/C15H16ClFN2/c1-19(10-11-2-5-13(17)6-3-11)14-7-4-12(9-18)15(16)8-14/h2-8H,9-10,18H2,1H3. The van der Waals surface area contributed by atoms with Crippen molar-refractivity contribution in [3.05, 3.63) is 64.4 Å². The van der Waals surface area contributed by atoms with E-state index in [1.54, 1.807) is 12.1 Å². The summed E-state index contributed by atoms with van der Waals surface area (Å²) in [6.07, 6.45) is 0. The van der Waals surface area contributed by atoms with Crippen LogP contribution >= 0.6 is 11.6 Å². The van der Waals surface area contributed by atoms with Crippen LogP contribution in [0.15, 0.2) is 42.5 Å². The number of hydrogen-bond acceptors (Lipinski definition) is 2. The van der Waals surface area contributed by atoms with Crippen molar-refractivity contribution < 1.29 is 4.39 Å². The molecule has 0 spiro atoms. The zero-order valence-electron chi connectivity index (χ0n) is 10.7. The van der Waals surface area contributed by atoms with Crippen LogP contribution in [0.2, 0.25) is 5.02 Å². The van der Waals surface area contributed by atoms with E-state index < -0.39 is 0 Å². The number of anilines is 1. The number of nitrogens with zero attached hydrogens (tertiary/aromatic N) is 1. The first-order chi connectivity index (χ1) is 9.10. The SMILES string of the molecule is CN(Cc1ccc(F)cc1)c1ccc(CN)c(Cl)c1. The first-order valence-electron chi connectivity index (χ1n) is 6.04. The fourth-order valence-corrected chi connectivity index (χ4v) is 2.15. The van der Waals surface area contributed by atoms with Gasteiger partial charge in [-0.2, -0.15) is 0 Å². The van der Waals surface area contributed by atoms with Gasteiger partial charge in [-0.3, -0.25) is 0 Å². The van der Waals surface area contributed by atoms with Crippen molar-refractivity contribution in [1.82, 2.24) is 0 Å². The first kappa shape index (κ1) is 13.8. The summed E-state index contributed by atoms with van der Waals surface area (Å²) in [5.41, 5.74) is 8.56. The summed E-state index contributed by atoms with van der Waals surface area (Å²) in [6.45, 7) is 1.12. The highest BCUT2D eigenvalue weighted by atomic mass is 35.5. The van der Waals surface area contributed by atoms with Crippen molar-refractivity contribution >= 4 is 17.3 Å². The number of halogens is 2. The van der Waals surface area contributed by atoms with Crippen LogP contribution in [0.4, 0.5) is 10.1 Å². The molecule has 4 heteroatoms. The Labute approximate surface area is 117 Å². The number of rotatable bonds is 4. The fourth-order valence-electron chi connectivity index (χ4n) is 1.89. The van der Waals surface area contributed by atoms with E-state index in [1.165, 1.54) is 12.1 Å². The molecule has 0 aliphatic rings. The highest BCUT2D eigenvalue weighted by molar-refractivity contribution is 6.31. The minimum atomic E-state index is -0.221. The van der Waals surface area contributed by atoms with Gasteiger partial charge in [0, 0.05) is 30.8 Å². The van der Waals surface area contributed by atoms with Crippen molar-refractivity contribution in [2.75, 3.05) is 11.9 Å². The monoisotopic (exact) mass is 278 g/mol. The summed E-state index contributed by atoms with van der Waals surface area (Å²) in [6, 6.07) is 12.3. The molecule has 0 saturated carbocycles. The molecule has 0 bridgehead atoms. The molecule has 0 aliphatic carbocycles. The molecule has 0 unspecified atom stereocenters. The fraction of sp³-hybridized carbons (Fsp3) is 0.200. The molecule has 100 valence electrons. The second kappa shape index (κ2) is 6.04. The van der Waals surface area contributed by atoms with Crippen LogP contribution in [0.3, 0.4) is 0 Å². The highest BCUT2D eigenvalue weighted by Gasteiger charge is 2.05. The van der Waals surface area contributed by atoms with Gasteiger partial charge in [-0.15, -0.1) is 0 Å². The summed E-state index contributed by atoms with van der Waals surface area (Å²) in [5.74, 6) is -0.221. The van der Waals surface area contributed by atoms with Gasteiger partial charge in [-0.05, 0) is 35.4 Å².